The van der Waals surface area contributed by atoms with Gasteiger partial charge < -0.3 is 27.6 Å². The van der Waals surface area contributed by atoms with Crippen LogP contribution in [0, 0.1) is 10.1 Å². The number of nitrogens with zero attached hydrogens (tertiary/aromatic N) is 1. The molecule has 1 unspecified atom stereocenters. The third-order valence-corrected chi connectivity index (χ3v) is 2.40. The van der Waals surface area contributed by atoms with E-state index in [1.54, 1.807) is 6.07 Å². The number of nitro benzene ring substituents is 1. The second-order valence-electron chi connectivity index (χ2n) is 3.60. The molecule has 2 N–H and O–H groups in total. The summed E-state index contributed by atoms with van der Waals surface area (Å²) in [6.45, 7) is 0. The van der Waals surface area contributed by atoms with E-state index in [-0.39, 0.29) is 30.3 Å². The van der Waals surface area contributed by atoms with Gasteiger partial charge in [0.1, 0.15) is 6.04 Å². The minimum Gasteiger partial charge on any atom is -1.00 e. The Labute approximate surface area is 116 Å². The fourth-order valence-corrected chi connectivity index (χ4v) is 1.49. The third-order valence-electron chi connectivity index (χ3n) is 2.40. The van der Waals surface area contributed by atoms with Gasteiger partial charge in [0.25, 0.3) is 0 Å². The molecule has 0 spiro atoms. The molecular weight excluding hydrogens is 276 g/mol. The highest BCUT2D eigenvalue weighted by Gasteiger charge is 2.19. The Bertz CT molecular complexity index is 466. The molecule has 0 aromatic heterocycles. The monoisotopic (exact) mass is 289 g/mol. The van der Waals surface area contributed by atoms with Gasteiger partial charge in [0.15, 0.2) is 5.75 Å². The molecule has 0 aliphatic carbocycles. The molecule has 8 heteroatoms. The molecule has 1 aromatic rings. The summed E-state index contributed by atoms with van der Waals surface area (Å²) in [5.41, 5.74) is 5.99. The zero-order chi connectivity index (χ0) is 13.7. The van der Waals surface area contributed by atoms with Crippen molar-refractivity contribution >= 4 is 11.7 Å². The first kappa shape index (κ1) is 17.1. The van der Waals surface area contributed by atoms with Crippen molar-refractivity contribution < 1.29 is 31.6 Å². The summed E-state index contributed by atoms with van der Waals surface area (Å²) in [4.78, 5) is 21.4. The first-order valence-electron chi connectivity index (χ1n) is 5.14. The summed E-state index contributed by atoms with van der Waals surface area (Å²) < 4.78 is 9.35. The van der Waals surface area contributed by atoms with Crippen LogP contribution in [-0.2, 0) is 16.0 Å². The van der Waals surface area contributed by atoms with Crippen LogP contribution in [0.3, 0.4) is 0 Å². The Balaban J connectivity index is 0.00000324. The number of rotatable bonds is 5. The number of esters is 1. The van der Waals surface area contributed by atoms with E-state index in [2.05, 4.69) is 4.74 Å². The van der Waals surface area contributed by atoms with Gasteiger partial charge in [-0.3, -0.25) is 14.9 Å². The first-order chi connectivity index (χ1) is 8.49. The van der Waals surface area contributed by atoms with E-state index >= 15 is 0 Å². The van der Waals surface area contributed by atoms with Crippen LogP contribution in [0.1, 0.15) is 5.56 Å². The average molecular weight is 290 g/mol. The van der Waals surface area contributed by atoms with Crippen molar-refractivity contribution in [2.24, 2.45) is 5.73 Å². The van der Waals surface area contributed by atoms with E-state index in [9.17, 15) is 14.9 Å². The Morgan fingerprint density at radius 1 is 1.47 bits per heavy atom. The number of carbonyl (C=O) groups is 1. The lowest BCUT2D eigenvalue weighted by atomic mass is 10.1. The molecule has 0 heterocycles. The zero-order valence-corrected chi connectivity index (χ0v) is 11.2. The van der Waals surface area contributed by atoms with Gasteiger partial charge in [-0.05, 0) is 18.1 Å². The van der Waals surface area contributed by atoms with E-state index in [0.29, 0.717) is 5.56 Å². The van der Waals surface area contributed by atoms with E-state index in [4.69, 9.17) is 10.5 Å². The smallest absolute Gasteiger partial charge is 0.322 e. The normalized spacial score (nSPS) is 11.1. The van der Waals surface area contributed by atoms with Gasteiger partial charge in [0.05, 0.1) is 19.1 Å². The van der Waals surface area contributed by atoms with Crippen molar-refractivity contribution in [3.63, 3.8) is 0 Å². The van der Waals surface area contributed by atoms with Crippen molar-refractivity contribution in [2.75, 3.05) is 14.2 Å². The Morgan fingerprint density at radius 2 is 2.11 bits per heavy atom. The minimum absolute atomic E-state index is 0. The summed E-state index contributed by atoms with van der Waals surface area (Å²) >= 11 is 0. The van der Waals surface area contributed by atoms with Gasteiger partial charge in [-0.15, -0.1) is 0 Å². The molecule has 7 nitrogen and oxygen atoms in total. The van der Waals surface area contributed by atoms with E-state index in [1.165, 1.54) is 26.4 Å². The predicted octanol–water partition coefficient (Wildman–Crippen LogP) is -2.35. The number of ether oxygens (including phenoxy) is 2. The Kier molecular flexibility index (Phi) is 6.81. The number of methoxy groups -OCH3 is 2. The first-order valence-corrected chi connectivity index (χ1v) is 5.14. The van der Waals surface area contributed by atoms with Crippen LogP contribution in [0.25, 0.3) is 0 Å². The van der Waals surface area contributed by atoms with Gasteiger partial charge in [-0.1, -0.05) is 6.07 Å². The number of nitro groups is 1. The number of hydrogen-bond acceptors (Lipinski definition) is 6. The van der Waals surface area contributed by atoms with Crippen LogP contribution in [0.5, 0.6) is 5.75 Å². The Morgan fingerprint density at radius 3 is 2.58 bits per heavy atom. The van der Waals surface area contributed by atoms with E-state index in [0.717, 1.165) is 0 Å². The minimum atomic E-state index is -0.844. The number of nitrogens with two attached hydrogens (primary N) is 1. The summed E-state index contributed by atoms with van der Waals surface area (Å²) in [6, 6.07) is 3.58. The standard InChI is InChI=1S/C11H14N2O5.ClH/c1-17-10-4-3-7(6-9(10)13(15)16)5-8(12)11(14)18-2;/h3-4,6,8H,5,12H2,1-2H3;1H/p-1. The number of carbonyl (C=O) groups excluding carboxylic acids is 1. The highest BCUT2D eigenvalue weighted by Crippen LogP contribution is 2.27. The number of halogens is 1. The summed E-state index contributed by atoms with van der Waals surface area (Å²) in [5.74, 6) is -0.399. The van der Waals surface area contributed by atoms with Gasteiger partial charge in [0, 0.05) is 6.07 Å². The topological polar surface area (TPSA) is 105 Å². The quantitative estimate of drug-likeness (QED) is 0.370. The fraction of sp³-hybridized carbons (Fsp3) is 0.364. The molecule has 0 amide bonds. The molecular formula is C11H14ClN2O5-. The number of hydrogen-bond donors (Lipinski definition) is 1. The van der Waals surface area contributed by atoms with Crippen molar-refractivity contribution in [3.8, 4) is 5.75 Å². The maximum atomic E-state index is 11.2. The van der Waals surface area contributed by atoms with Crippen LogP contribution < -0.4 is 22.9 Å². The molecule has 106 valence electrons. The molecule has 0 saturated carbocycles. The molecule has 19 heavy (non-hydrogen) atoms. The molecule has 1 atom stereocenters. The molecule has 1 aromatic carbocycles. The van der Waals surface area contributed by atoms with Crippen LogP contribution >= 0.6 is 0 Å². The summed E-state index contributed by atoms with van der Waals surface area (Å²) in [5, 5.41) is 10.8. The van der Waals surface area contributed by atoms with E-state index < -0.39 is 16.9 Å². The number of benzene rings is 1. The third kappa shape index (κ3) is 4.38. The van der Waals surface area contributed by atoms with Gasteiger partial charge >= 0.3 is 11.7 Å². The molecule has 0 bridgehead atoms. The summed E-state index contributed by atoms with van der Waals surface area (Å²) in [7, 11) is 2.58. The molecule has 0 aliphatic heterocycles. The highest BCUT2D eigenvalue weighted by atomic mass is 35.5. The van der Waals surface area contributed by atoms with Crippen LogP contribution in [-0.4, -0.2) is 31.2 Å². The molecule has 1 rings (SSSR count). The van der Waals surface area contributed by atoms with E-state index in [1.807, 2.05) is 0 Å². The Hall–Kier alpha value is -1.86. The van der Waals surface area contributed by atoms with Crippen molar-refractivity contribution in [1.82, 2.24) is 0 Å². The van der Waals surface area contributed by atoms with Crippen molar-refractivity contribution in [3.05, 3.63) is 33.9 Å². The van der Waals surface area contributed by atoms with Gasteiger partial charge in [0.2, 0.25) is 0 Å². The maximum absolute atomic E-state index is 11.2. The molecule has 0 aliphatic rings. The average Bonchev–Trinajstić information content (AvgIpc) is 2.37. The second kappa shape index (κ2) is 7.55. The second-order valence-corrected chi connectivity index (χ2v) is 3.60. The lowest BCUT2D eigenvalue weighted by molar-refractivity contribution is -0.385. The zero-order valence-electron chi connectivity index (χ0n) is 10.5. The summed E-state index contributed by atoms with van der Waals surface area (Å²) in [6.07, 6.45) is 0.164. The largest absolute Gasteiger partial charge is 1.00 e. The molecule has 0 fully saturated rings. The highest BCUT2D eigenvalue weighted by molar-refractivity contribution is 5.75. The predicted molar refractivity (Wildman–Crippen MR) is 63.3 cm³/mol. The van der Waals surface area contributed by atoms with Crippen molar-refractivity contribution in [1.29, 1.82) is 0 Å². The SMILES string of the molecule is COC(=O)C(N)Cc1ccc(OC)c([N+](=O)[O-])c1.[Cl-]. The van der Waals surface area contributed by atoms with Crippen molar-refractivity contribution in [2.45, 2.75) is 12.5 Å². The molecule has 0 radical (unpaired) electrons. The molecule has 0 saturated heterocycles. The lowest BCUT2D eigenvalue weighted by Crippen LogP contribution is -3.00. The van der Waals surface area contributed by atoms with Gasteiger partial charge in [-0.2, -0.15) is 0 Å². The van der Waals surface area contributed by atoms with Crippen LogP contribution in [0.4, 0.5) is 5.69 Å². The van der Waals surface area contributed by atoms with Gasteiger partial charge in [-0.25, -0.2) is 0 Å². The fourth-order valence-electron chi connectivity index (χ4n) is 1.49. The van der Waals surface area contributed by atoms with Crippen LogP contribution in [0.2, 0.25) is 0 Å². The maximum Gasteiger partial charge on any atom is 0.322 e. The van der Waals surface area contributed by atoms with Crippen LogP contribution in [0.15, 0.2) is 18.2 Å². The lowest BCUT2D eigenvalue weighted by Gasteiger charge is -2.09.